The molecule has 5 heteroatoms. The average Bonchev–Trinajstić information content (AvgIpc) is 2.25. The van der Waals surface area contributed by atoms with Gasteiger partial charge in [0.15, 0.2) is 0 Å². The van der Waals surface area contributed by atoms with Gasteiger partial charge in [-0.15, -0.1) is 0 Å². The number of aromatic carboxylic acids is 1. The first-order valence-corrected chi connectivity index (χ1v) is 6.36. The minimum absolute atomic E-state index is 0.169. The Kier molecular flexibility index (Phi) is 5.70. The number of rotatable bonds is 6. The fourth-order valence-electron chi connectivity index (χ4n) is 1.18. The second-order valence-corrected chi connectivity index (χ2v) is 4.88. The Morgan fingerprint density at radius 2 is 2.12 bits per heavy atom. The molecule has 17 heavy (non-hydrogen) atoms. The fraction of sp³-hybridized carbons (Fsp3) is 0.417. The maximum Gasteiger partial charge on any atom is 0.335 e. The summed E-state index contributed by atoms with van der Waals surface area (Å²) in [5.41, 5.74) is 0.227. The summed E-state index contributed by atoms with van der Waals surface area (Å²) >= 11 is 2.11. The molecule has 0 fully saturated rings. The first-order valence-electron chi connectivity index (χ1n) is 5.28. The Morgan fingerprint density at radius 3 is 2.71 bits per heavy atom. The smallest absolute Gasteiger partial charge is 0.335 e. The Morgan fingerprint density at radius 1 is 1.41 bits per heavy atom. The lowest BCUT2D eigenvalue weighted by molar-refractivity contribution is 0.0550. The van der Waals surface area contributed by atoms with Crippen molar-refractivity contribution < 1.29 is 19.4 Å². The molecule has 0 aliphatic carbocycles. The lowest BCUT2D eigenvalue weighted by Crippen LogP contribution is -2.12. The van der Waals surface area contributed by atoms with Crippen molar-refractivity contribution in [1.82, 2.24) is 0 Å². The molecule has 0 radical (unpaired) electrons. The highest BCUT2D eigenvalue weighted by Crippen LogP contribution is 2.22. The molecule has 0 saturated heterocycles. The topological polar surface area (TPSA) is 55.8 Å². The van der Waals surface area contributed by atoms with E-state index in [1.165, 1.54) is 6.07 Å². The molecule has 0 aliphatic rings. The number of carbonyl (C=O) groups is 1. The van der Waals surface area contributed by atoms with E-state index in [9.17, 15) is 4.79 Å². The van der Waals surface area contributed by atoms with E-state index in [0.717, 1.165) is 3.57 Å². The highest BCUT2D eigenvalue weighted by molar-refractivity contribution is 14.1. The molecule has 4 nitrogen and oxygen atoms in total. The van der Waals surface area contributed by atoms with E-state index in [4.69, 9.17) is 14.6 Å². The first-order chi connectivity index (χ1) is 8.00. The average molecular weight is 350 g/mol. The van der Waals surface area contributed by atoms with Gasteiger partial charge in [-0.05, 0) is 54.6 Å². The molecule has 0 bridgehead atoms. The first kappa shape index (κ1) is 14.2. The number of carboxylic acid groups (broad SMARTS) is 1. The van der Waals surface area contributed by atoms with Crippen LogP contribution >= 0.6 is 22.6 Å². The normalized spacial score (nSPS) is 10.6. The van der Waals surface area contributed by atoms with Gasteiger partial charge in [0.2, 0.25) is 0 Å². The highest BCUT2D eigenvalue weighted by Gasteiger charge is 2.07. The van der Waals surface area contributed by atoms with Gasteiger partial charge in [0.1, 0.15) is 12.4 Å². The van der Waals surface area contributed by atoms with Gasteiger partial charge in [-0.25, -0.2) is 4.79 Å². The van der Waals surface area contributed by atoms with Crippen LogP contribution in [0.2, 0.25) is 0 Å². The summed E-state index contributed by atoms with van der Waals surface area (Å²) in [4.78, 5) is 10.8. The third-order valence-electron chi connectivity index (χ3n) is 1.97. The van der Waals surface area contributed by atoms with E-state index in [-0.39, 0.29) is 11.7 Å². The second kappa shape index (κ2) is 6.80. The van der Waals surface area contributed by atoms with E-state index in [1.54, 1.807) is 12.1 Å². The van der Waals surface area contributed by atoms with Gasteiger partial charge in [-0.1, -0.05) is 0 Å². The van der Waals surface area contributed by atoms with Crippen LogP contribution in [-0.4, -0.2) is 30.4 Å². The van der Waals surface area contributed by atoms with Gasteiger partial charge >= 0.3 is 5.97 Å². The summed E-state index contributed by atoms with van der Waals surface area (Å²) in [6.07, 6.45) is 0.169. The predicted octanol–water partition coefficient (Wildman–Crippen LogP) is 2.79. The molecule has 0 aliphatic heterocycles. The zero-order valence-corrected chi connectivity index (χ0v) is 11.9. The summed E-state index contributed by atoms with van der Waals surface area (Å²) in [5.74, 6) is -0.373. The van der Waals surface area contributed by atoms with Crippen LogP contribution in [-0.2, 0) is 4.74 Å². The molecular weight excluding hydrogens is 335 g/mol. The predicted molar refractivity (Wildman–Crippen MR) is 72.7 cm³/mol. The number of benzene rings is 1. The number of hydrogen-bond donors (Lipinski definition) is 1. The molecular formula is C12H15IO4. The van der Waals surface area contributed by atoms with Crippen molar-refractivity contribution >= 4 is 28.6 Å². The zero-order chi connectivity index (χ0) is 12.8. The number of ether oxygens (including phenoxy) is 2. The van der Waals surface area contributed by atoms with E-state index in [1.807, 2.05) is 13.8 Å². The highest BCUT2D eigenvalue weighted by atomic mass is 127. The molecule has 1 rings (SSSR count). The lowest BCUT2D eigenvalue weighted by atomic mass is 10.2. The minimum atomic E-state index is -0.954. The lowest BCUT2D eigenvalue weighted by Gasteiger charge is -2.11. The van der Waals surface area contributed by atoms with Crippen LogP contribution in [0, 0.1) is 3.57 Å². The minimum Gasteiger partial charge on any atom is -0.490 e. The van der Waals surface area contributed by atoms with Crippen molar-refractivity contribution in [2.24, 2.45) is 0 Å². The molecule has 0 spiro atoms. The second-order valence-electron chi connectivity index (χ2n) is 3.72. The van der Waals surface area contributed by atoms with Crippen molar-refractivity contribution in [3.63, 3.8) is 0 Å². The molecule has 0 atom stereocenters. The van der Waals surface area contributed by atoms with Crippen molar-refractivity contribution in [2.45, 2.75) is 20.0 Å². The van der Waals surface area contributed by atoms with Crippen LogP contribution in [0.4, 0.5) is 0 Å². The standard InChI is InChI=1S/C12H15IO4/c1-8(2)16-5-6-17-11-7-9(12(14)15)3-4-10(11)13/h3-4,7-8H,5-6H2,1-2H3,(H,14,15). The summed E-state index contributed by atoms with van der Waals surface area (Å²) in [5, 5.41) is 8.86. The van der Waals surface area contributed by atoms with Gasteiger partial charge in [-0.2, -0.15) is 0 Å². The van der Waals surface area contributed by atoms with Crippen LogP contribution < -0.4 is 4.74 Å². The van der Waals surface area contributed by atoms with Crippen molar-refractivity contribution in [3.05, 3.63) is 27.3 Å². The monoisotopic (exact) mass is 350 g/mol. The molecule has 0 aromatic heterocycles. The summed E-state index contributed by atoms with van der Waals surface area (Å²) in [6.45, 7) is 4.81. The zero-order valence-electron chi connectivity index (χ0n) is 9.77. The quantitative estimate of drug-likeness (QED) is 0.633. The Bertz CT molecular complexity index is 390. The van der Waals surface area contributed by atoms with Crippen molar-refractivity contribution in [1.29, 1.82) is 0 Å². The van der Waals surface area contributed by atoms with Crippen molar-refractivity contribution in [3.8, 4) is 5.75 Å². The third-order valence-corrected chi connectivity index (χ3v) is 2.86. The van der Waals surface area contributed by atoms with E-state index in [2.05, 4.69) is 22.6 Å². The van der Waals surface area contributed by atoms with Crippen LogP contribution in [0.25, 0.3) is 0 Å². The third kappa shape index (κ3) is 4.91. The molecule has 0 unspecified atom stereocenters. The van der Waals surface area contributed by atoms with Crippen LogP contribution in [0.3, 0.4) is 0 Å². The van der Waals surface area contributed by atoms with E-state index >= 15 is 0 Å². The van der Waals surface area contributed by atoms with Crippen LogP contribution in [0.15, 0.2) is 18.2 Å². The summed E-state index contributed by atoms with van der Waals surface area (Å²) in [7, 11) is 0. The SMILES string of the molecule is CC(C)OCCOc1cc(C(=O)O)ccc1I. The Labute approximate surface area is 114 Å². The maximum absolute atomic E-state index is 10.8. The molecule has 0 saturated carbocycles. The van der Waals surface area contributed by atoms with Crippen LogP contribution in [0.1, 0.15) is 24.2 Å². The van der Waals surface area contributed by atoms with Crippen molar-refractivity contribution in [2.75, 3.05) is 13.2 Å². The number of halogens is 1. The molecule has 0 amide bonds. The van der Waals surface area contributed by atoms with Crippen LogP contribution in [0.5, 0.6) is 5.75 Å². The maximum atomic E-state index is 10.8. The molecule has 1 N–H and O–H groups in total. The van der Waals surface area contributed by atoms with Gasteiger partial charge in [0, 0.05) is 0 Å². The Hall–Kier alpha value is -0.820. The largest absolute Gasteiger partial charge is 0.490 e. The Balaban J connectivity index is 2.57. The number of hydrogen-bond acceptors (Lipinski definition) is 3. The number of carboxylic acids is 1. The molecule has 1 aromatic carbocycles. The van der Waals surface area contributed by atoms with E-state index < -0.39 is 5.97 Å². The van der Waals surface area contributed by atoms with Gasteiger partial charge in [0.25, 0.3) is 0 Å². The fourth-order valence-corrected chi connectivity index (χ4v) is 1.67. The molecule has 0 heterocycles. The van der Waals surface area contributed by atoms with Gasteiger partial charge < -0.3 is 14.6 Å². The van der Waals surface area contributed by atoms with E-state index in [0.29, 0.717) is 19.0 Å². The van der Waals surface area contributed by atoms with Gasteiger partial charge in [-0.3, -0.25) is 0 Å². The summed E-state index contributed by atoms with van der Waals surface area (Å²) < 4.78 is 11.7. The molecule has 94 valence electrons. The summed E-state index contributed by atoms with van der Waals surface area (Å²) in [6, 6.07) is 4.81. The van der Waals surface area contributed by atoms with Gasteiger partial charge in [0.05, 0.1) is 21.8 Å². The molecule has 1 aromatic rings.